The maximum atomic E-state index is 2.42. The molecule has 0 radical (unpaired) electrons. The summed E-state index contributed by atoms with van der Waals surface area (Å²) in [6.07, 6.45) is 15.8. The average Bonchev–Trinajstić information content (AvgIpc) is 2.37. The zero-order chi connectivity index (χ0) is 14.3. The van der Waals surface area contributed by atoms with Gasteiger partial charge in [-0.05, 0) is 24.5 Å². The van der Waals surface area contributed by atoms with Crippen LogP contribution in [-0.4, -0.2) is 11.0 Å². The van der Waals surface area contributed by atoms with Crippen molar-refractivity contribution in [3.63, 3.8) is 0 Å². The van der Waals surface area contributed by atoms with Gasteiger partial charge in [-0.25, -0.2) is 0 Å². The molecule has 0 saturated heterocycles. The molecule has 0 nitrogen and oxygen atoms in total. The molecule has 1 heteroatoms. The van der Waals surface area contributed by atoms with Crippen molar-refractivity contribution in [2.75, 3.05) is 5.75 Å². The molecule has 0 spiro atoms. The quantitative estimate of drug-likeness (QED) is 0.307. The number of thioether (sulfide) groups is 1. The predicted octanol–water partition coefficient (Wildman–Crippen LogP) is 7.08. The molecule has 0 aromatic rings. The van der Waals surface area contributed by atoms with Crippen LogP contribution < -0.4 is 0 Å². The highest BCUT2D eigenvalue weighted by atomic mass is 32.2. The van der Waals surface area contributed by atoms with Gasteiger partial charge in [0, 0.05) is 5.25 Å². The van der Waals surface area contributed by atoms with Crippen LogP contribution in [0.5, 0.6) is 0 Å². The smallest absolute Gasteiger partial charge is 0.00187 e. The first-order valence-electron chi connectivity index (χ1n) is 8.78. The predicted molar refractivity (Wildman–Crippen MR) is 93.2 cm³/mol. The minimum absolute atomic E-state index is 0.878. The van der Waals surface area contributed by atoms with Crippen molar-refractivity contribution in [3.8, 4) is 0 Å². The summed E-state index contributed by atoms with van der Waals surface area (Å²) in [5.74, 6) is 2.25. The van der Waals surface area contributed by atoms with Crippen molar-refractivity contribution in [2.45, 2.75) is 104 Å². The van der Waals surface area contributed by atoms with Crippen LogP contribution in [0.2, 0.25) is 0 Å². The minimum atomic E-state index is 0.878. The lowest BCUT2D eigenvalue weighted by molar-refractivity contribution is 0.563. The molecule has 0 aromatic carbocycles. The molecule has 19 heavy (non-hydrogen) atoms. The number of hydrogen-bond acceptors (Lipinski definition) is 1. The molecule has 116 valence electrons. The minimum Gasteiger partial charge on any atom is -0.159 e. The highest BCUT2D eigenvalue weighted by Gasteiger charge is 2.03. The SMILES string of the molecule is CCCCCCCCCCC(C)SCCCC(C)C. The Morgan fingerprint density at radius 3 is 1.84 bits per heavy atom. The number of unbranched alkanes of at least 4 members (excludes halogenated alkanes) is 7. The lowest BCUT2D eigenvalue weighted by Crippen LogP contribution is -1.98. The molecule has 0 saturated carbocycles. The van der Waals surface area contributed by atoms with Crippen molar-refractivity contribution in [1.29, 1.82) is 0 Å². The normalized spacial score (nSPS) is 13.1. The van der Waals surface area contributed by atoms with Gasteiger partial charge in [0.1, 0.15) is 0 Å². The van der Waals surface area contributed by atoms with Crippen LogP contribution in [0.1, 0.15) is 98.3 Å². The topological polar surface area (TPSA) is 0 Å². The molecule has 0 bridgehead atoms. The Morgan fingerprint density at radius 1 is 0.684 bits per heavy atom. The van der Waals surface area contributed by atoms with Crippen LogP contribution in [0.25, 0.3) is 0 Å². The van der Waals surface area contributed by atoms with Crippen LogP contribution in [0, 0.1) is 5.92 Å². The van der Waals surface area contributed by atoms with Crippen molar-refractivity contribution in [2.24, 2.45) is 5.92 Å². The van der Waals surface area contributed by atoms with Gasteiger partial charge < -0.3 is 0 Å². The van der Waals surface area contributed by atoms with E-state index >= 15 is 0 Å². The van der Waals surface area contributed by atoms with Gasteiger partial charge in [0.25, 0.3) is 0 Å². The van der Waals surface area contributed by atoms with Gasteiger partial charge in [0.15, 0.2) is 0 Å². The third-order valence-electron chi connectivity index (χ3n) is 3.79. The van der Waals surface area contributed by atoms with E-state index in [0.29, 0.717) is 0 Å². The van der Waals surface area contributed by atoms with Crippen molar-refractivity contribution >= 4 is 11.8 Å². The first kappa shape index (κ1) is 19.4. The van der Waals surface area contributed by atoms with Crippen molar-refractivity contribution in [3.05, 3.63) is 0 Å². The molecule has 1 unspecified atom stereocenters. The molecule has 0 aliphatic carbocycles. The Bertz CT molecular complexity index is 165. The molecule has 0 aliphatic rings. The van der Waals surface area contributed by atoms with E-state index in [1.54, 1.807) is 0 Å². The van der Waals surface area contributed by atoms with Gasteiger partial charge >= 0.3 is 0 Å². The zero-order valence-corrected chi connectivity index (χ0v) is 14.9. The van der Waals surface area contributed by atoms with Crippen molar-refractivity contribution in [1.82, 2.24) is 0 Å². The molecule has 0 rings (SSSR count). The van der Waals surface area contributed by atoms with E-state index < -0.39 is 0 Å². The van der Waals surface area contributed by atoms with Crippen LogP contribution in [-0.2, 0) is 0 Å². The summed E-state index contributed by atoms with van der Waals surface area (Å²) in [5.41, 5.74) is 0. The lowest BCUT2D eigenvalue weighted by Gasteiger charge is -2.11. The summed E-state index contributed by atoms with van der Waals surface area (Å²) in [7, 11) is 0. The van der Waals surface area contributed by atoms with Crippen LogP contribution in [0.3, 0.4) is 0 Å². The van der Waals surface area contributed by atoms with E-state index in [9.17, 15) is 0 Å². The van der Waals surface area contributed by atoms with Gasteiger partial charge in [-0.1, -0.05) is 85.5 Å². The Balaban J connectivity index is 3.13. The monoisotopic (exact) mass is 286 g/mol. The first-order valence-corrected chi connectivity index (χ1v) is 9.83. The van der Waals surface area contributed by atoms with Gasteiger partial charge in [-0.15, -0.1) is 0 Å². The third-order valence-corrected chi connectivity index (χ3v) is 5.12. The maximum absolute atomic E-state index is 2.42. The molecule has 0 amide bonds. The fraction of sp³-hybridized carbons (Fsp3) is 1.00. The summed E-state index contributed by atoms with van der Waals surface area (Å²) >= 11 is 2.19. The van der Waals surface area contributed by atoms with Gasteiger partial charge in [0.05, 0.1) is 0 Å². The first-order chi connectivity index (χ1) is 9.16. The fourth-order valence-corrected chi connectivity index (χ4v) is 3.49. The van der Waals surface area contributed by atoms with E-state index in [-0.39, 0.29) is 0 Å². The van der Waals surface area contributed by atoms with Crippen LogP contribution in [0.4, 0.5) is 0 Å². The van der Waals surface area contributed by atoms with E-state index in [2.05, 4.69) is 39.5 Å². The van der Waals surface area contributed by atoms with Gasteiger partial charge in [-0.3, -0.25) is 0 Å². The zero-order valence-electron chi connectivity index (χ0n) is 14.0. The van der Waals surface area contributed by atoms with Crippen LogP contribution in [0.15, 0.2) is 0 Å². The van der Waals surface area contributed by atoms with E-state index in [1.165, 1.54) is 76.4 Å². The Labute approximate surface area is 127 Å². The molecule has 0 heterocycles. The summed E-state index contributed by atoms with van der Waals surface area (Å²) < 4.78 is 0. The van der Waals surface area contributed by atoms with Gasteiger partial charge in [0.2, 0.25) is 0 Å². The largest absolute Gasteiger partial charge is 0.159 e. The standard InChI is InChI=1S/C18H38S/c1-5-6-7-8-9-10-11-12-15-18(4)19-16-13-14-17(2)3/h17-18H,5-16H2,1-4H3. The summed E-state index contributed by atoms with van der Waals surface area (Å²) in [5, 5.41) is 0.882. The van der Waals surface area contributed by atoms with E-state index in [0.717, 1.165) is 11.2 Å². The van der Waals surface area contributed by atoms with Crippen molar-refractivity contribution < 1.29 is 0 Å². The number of rotatable bonds is 14. The molecule has 0 N–H and O–H groups in total. The Hall–Kier alpha value is 0.350. The highest BCUT2D eigenvalue weighted by Crippen LogP contribution is 2.20. The van der Waals surface area contributed by atoms with E-state index in [4.69, 9.17) is 0 Å². The van der Waals surface area contributed by atoms with Gasteiger partial charge in [-0.2, -0.15) is 11.8 Å². The highest BCUT2D eigenvalue weighted by molar-refractivity contribution is 7.99. The molecule has 0 aromatic heterocycles. The Kier molecular flexibility index (Phi) is 15.0. The summed E-state index contributed by atoms with van der Waals surface area (Å²) in [6.45, 7) is 9.37. The second-order valence-electron chi connectivity index (χ2n) is 6.48. The average molecular weight is 287 g/mol. The number of hydrogen-bond donors (Lipinski definition) is 0. The molecular formula is C18H38S. The molecular weight excluding hydrogens is 248 g/mol. The second-order valence-corrected chi connectivity index (χ2v) is 8.03. The fourth-order valence-electron chi connectivity index (χ4n) is 2.43. The molecule has 1 atom stereocenters. The lowest BCUT2D eigenvalue weighted by atomic mass is 10.1. The van der Waals surface area contributed by atoms with E-state index in [1.807, 2.05) is 0 Å². The molecule has 0 fully saturated rings. The Morgan fingerprint density at radius 2 is 1.26 bits per heavy atom. The second kappa shape index (κ2) is 14.8. The van der Waals surface area contributed by atoms with Crippen LogP contribution >= 0.6 is 11.8 Å². The molecule has 0 aliphatic heterocycles. The maximum Gasteiger partial charge on any atom is 0.00187 e. The third kappa shape index (κ3) is 16.3. The summed E-state index contributed by atoms with van der Waals surface area (Å²) in [4.78, 5) is 0. The summed E-state index contributed by atoms with van der Waals surface area (Å²) in [6, 6.07) is 0.